The molecular formula is C14H12BrClO2S. The predicted molar refractivity (Wildman–Crippen MR) is 82.3 cm³/mol. The third-order valence-electron chi connectivity index (χ3n) is 2.59. The molecule has 1 heterocycles. The van der Waals surface area contributed by atoms with Crippen LogP contribution in [0.4, 0.5) is 0 Å². The normalized spacial score (nSPS) is 12.2. The minimum absolute atomic E-state index is 0.0446. The van der Waals surface area contributed by atoms with Gasteiger partial charge in [-0.05, 0) is 52.5 Å². The van der Waals surface area contributed by atoms with Crippen LogP contribution in [0, 0.1) is 0 Å². The lowest BCUT2D eigenvalue weighted by Gasteiger charge is -2.13. The van der Waals surface area contributed by atoms with E-state index in [9.17, 15) is 4.79 Å². The maximum atomic E-state index is 12.1. The Bertz CT molecular complexity index is 582. The van der Waals surface area contributed by atoms with Crippen LogP contribution in [0.25, 0.3) is 0 Å². The highest BCUT2D eigenvalue weighted by molar-refractivity contribution is 9.10. The Kier molecular flexibility index (Phi) is 5.02. The van der Waals surface area contributed by atoms with Gasteiger partial charge in [-0.2, -0.15) is 0 Å². The monoisotopic (exact) mass is 358 g/mol. The maximum absolute atomic E-state index is 12.1. The molecule has 1 aromatic heterocycles. The molecule has 0 saturated carbocycles. The number of ketones is 1. The fourth-order valence-electron chi connectivity index (χ4n) is 1.56. The molecule has 5 heteroatoms. The topological polar surface area (TPSA) is 26.3 Å². The summed E-state index contributed by atoms with van der Waals surface area (Å²) in [5.74, 6) is 0.654. The van der Waals surface area contributed by atoms with Crippen LogP contribution in [0.2, 0.25) is 5.02 Å². The Hall–Kier alpha value is -0.840. The molecule has 0 fully saturated rings. The van der Waals surface area contributed by atoms with Crippen LogP contribution >= 0.6 is 38.9 Å². The van der Waals surface area contributed by atoms with Crippen molar-refractivity contribution in [1.82, 2.24) is 0 Å². The zero-order chi connectivity index (χ0) is 13.8. The number of carbonyl (C=O) groups is 1. The maximum Gasteiger partial charge on any atom is 0.178 e. The third kappa shape index (κ3) is 4.06. The molecule has 0 radical (unpaired) electrons. The smallest absolute Gasteiger partial charge is 0.178 e. The van der Waals surface area contributed by atoms with E-state index in [0.29, 0.717) is 17.2 Å². The lowest BCUT2D eigenvalue weighted by atomic mass is 10.1. The van der Waals surface area contributed by atoms with Crippen molar-refractivity contribution in [2.24, 2.45) is 0 Å². The van der Waals surface area contributed by atoms with Crippen LogP contribution in [0.5, 0.6) is 5.75 Å². The van der Waals surface area contributed by atoms with Crippen LogP contribution in [0.3, 0.4) is 0 Å². The van der Waals surface area contributed by atoms with Crippen molar-refractivity contribution in [2.45, 2.75) is 19.4 Å². The van der Waals surface area contributed by atoms with Crippen LogP contribution in [0.15, 0.2) is 40.2 Å². The minimum Gasteiger partial charge on any atom is -0.483 e. The van der Waals surface area contributed by atoms with Gasteiger partial charge in [-0.15, -0.1) is 11.3 Å². The third-order valence-corrected chi connectivity index (χ3v) is 4.75. The minimum atomic E-state index is -0.493. The molecule has 0 bridgehead atoms. The zero-order valence-electron chi connectivity index (χ0n) is 10.2. The molecular weight excluding hydrogens is 348 g/mol. The molecule has 0 saturated heterocycles. The SMILES string of the molecule is CC(Oc1cccc(Cl)c1)C(=O)Cc1sccc1Br. The molecule has 0 amide bonds. The lowest BCUT2D eigenvalue weighted by Crippen LogP contribution is -2.25. The second kappa shape index (κ2) is 6.55. The van der Waals surface area contributed by atoms with Gasteiger partial charge in [0.1, 0.15) is 5.75 Å². The average Bonchev–Trinajstić information content (AvgIpc) is 2.75. The van der Waals surface area contributed by atoms with Crippen molar-refractivity contribution in [3.8, 4) is 5.75 Å². The molecule has 0 N–H and O–H groups in total. The Labute approximate surface area is 129 Å². The van der Waals surface area contributed by atoms with Gasteiger partial charge in [-0.3, -0.25) is 4.79 Å². The standard InChI is InChI=1S/C14H12BrClO2S/c1-9(18-11-4-2-3-10(16)7-11)13(17)8-14-12(15)5-6-19-14/h2-7,9H,8H2,1H3. The summed E-state index contributed by atoms with van der Waals surface area (Å²) in [7, 11) is 0. The van der Waals surface area contributed by atoms with Crippen LogP contribution in [-0.4, -0.2) is 11.9 Å². The quantitative estimate of drug-likeness (QED) is 0.770. The van der Waals surface area contributed by atoms with Gasteiger partial charge in [0.15, 0.2) is 11.9 Å². The summed E-state index contributed by atoms with van der Waals surface area (Å²) >= 11 is 10.9. The first kappa shape index (κ1) is 14.6. The summed E-state index contributed by atoms with van der Waals surface area (Å²) < 4.78 is 6.57. The summed E-state index contributed by atoms with van der Waals surface area (Å²) in [5, 5.41) is 2.55. The molecule has 0 aliphatic rings. The zero-order valence-corrected chi connectivity index (χ0v) is 13.4. The van der Waals surface area contributed by atoms with Crippen molar-refractivity contribution < 1.29 is 9.53 Å². The molecule has 1 atom stereocenters. The van der Waals surface area contributed by atoms with E-state index in [1.165, 1.54) is 0 Å². The number of hydrogen-bond acceptors (Lipinski definition) is 3. The number of benzene rings is 1. The first-order valence-corrected chi connectivity index (χ1v) is 7.78. The summed E-state index contributed by atoms with van der Waals surface area (Å²) in [6.07, 6.45) is -0.118. The van der Waals surface area contributed by atoms with Crippen LogP contribution in [-0.2, 0) is 11.2 Å². The van der Waals surface area contributed by atoms with E-state index >= 15 is 0 Å². The Morgan fingerprint density at radius 3 is 2.89 bits per heavy atom. The molecule has 19 heavy (non-hydrogen) atoms. The predicted octanol–water partition coefficient (Wildman–Crippen LogP) is 4.74. The molecule has 1 unspecified atom stereocenters. The number of hydrogen-bond donors (Lipinski definition) is 0. The largest absolute Gasteiger partial charge is 0.483 e. The second-order valence-corrected chi connectivity index (χ2v) is 6.34. The number of ether oxygens (including phenoxy) is 1. The van der Waals surface area contributed by atoms with Crippen LogP contribution in [0.1, 0.15) is 11.8 Å². The van der Waals surface area contributed by atoms with Gasteiger partial charge in [-0.25, -0.2) is 0 Å². The van der Waals surface area contributed by atoms with E-state index < -0.39 is 6.10 Å². The van der Waals surface area contributed by atoms with Crippen molar-refractivity contribution in [3.63, 3.8) is 0 Å². The van der Waals surface area contributed by atoms with Crippen molar-refractivity contribution in [2.75, 3.05) is 0 Å². The number of rotatable bonds is 5. The van der Waals surface area contributed by atoms with Gasteiger partial charge in [0.2, 0.25) is 0 Å². The summed E-state index contributed by atoms with van der Waals surface area (Å²) in [6.45, 7) is 1.75. The van der Waals surface area contributed by atoms with E-state index in [-0.39, 0.29) is 5.78 Å². The van der Waals surface area contributed by atoms with Gasteiger partial charge >= 0.3 is 0 Å². The van der Waals surface area contributed by atoms with Crippen LogP contribution < -0.4 is 4.74 Å². The van der Waals surface area contributed by atoms with E-state index in [1.807, 2.05) is 11.4 Å². The molecule has 100 valence electrons. The van der Waals surface area contributed by atoms with Gasteiger partial charge in [0.25, 0.3) is 0 Å². The lowest BCUT2D eigenvalue weighted by molar-refractivity contribution is -0.124. The highest BCUT2D eigenvalue weighted by Crippen LogP contribution is 2.24. The fourth-order valence-corrected chi connectivity index (χ4v) is 3.25. The summed E-state index contributed by atoms with van der Waals surface area (Å²) in [5.41, 5.74) is 0. The molecule has 0 aliphatic carbocycles. The van der Waals surface area contributed by atoms with Gasteiger partial charge in [0.05, 0.1) is 0 Å². The Morgan fingerprint density at radius 2 is 2.26 bits per heavy atom. The van der Waals surface area contributed by atoms with Gasteiger partial charge in [0, 0.05) is 20.8 Å². The number of thiophene rings is 1. The first-order valence-electron chi connectivity index (χ1n) is 5.73. The molecule has 1 aromatic carbocycles. The van der Waals surface area contributed by atoms with E-state index in [1.54, 1.807) is 42.5 Å². The van der Waals surface area contributed by atoms with E-state index in [2.05, 4.69) is 15.9 Å². The Balaban J connectivity index is 1.98. The molecule has 0 spiro atoms. The van der Waals surface area contributed by atoms with E-state index in [0.717, 1.165) is 9.35 Å². The average molecular weight is 360 g/mol. The molecule has 0 aliphatic heterocycles. The number of halogens is 2. The summed E-state index contributed by atoms with van der Waals surface area (Å²) in [4.78, 5) is 13.1. The van der Waals surface area contributed by atoms with Crippen molar-refractivity contribution >= 4 is 44.7 Å². The second-order valence-electron chi connectivity index (χ2n) is 4.05. The fraction of sp³-hybridized carbons (Fsp3) is 0.214. The highest BCUT2D eigenvalue weighted by atomic mass is 79.9. The number of carbonyl (C=O) groups excluding carboxylic acids is 1. The highest BCUT2D eigenvalue weighted by Gasteiger charge is 2.17. The van der Waals surface area contributed by atoms with E-state index in [4.69, 9.17) is 16.3 Å². The van der Waals surface area contributed by atoms with Crippen molar-refractivity contribution in [1.29, 1.82) is 0 Å². The number of Topliss-reactive ketones (excluding diaryl/α,β-unsaturated/α-hetero) is 1. The molecule has 2 aromatic rings. The Morgan fingerprint density at radius 1 is 1.47 bits per heavy atom. The van der Waals surface area contributed by atoms with Crippen molar-refractivity contribution in [3.05, 3.63) is 50.1 Å². The van der Waals surface area contributed by atoms with Gasteiger partial charge in [-0.1, -0.05) is 17.7 Å². The first-order chi connectivity index (χ1) is 9.06. The summed E-state index contributed by atoms with van der Waals surface area (Å²) in [6, 6.07) is 8.99. The van der Waals surface area contributed by atoms with Gasteiger partial charge < -0.3 is 4.74 Å². The molecule has 2 nitrogen and oxygen atoms in total. The molecule has 2 rings (SSSR count).